The van der Waals surface area contributed by atoms with Crippen LogP contribution in [0.4, 0.5) is 0 Å². The SMILES string of the molecule is N#CCCn1c(COc2ccc(Cl)cc2)nc2ccccc21. The van der Waals surface area contributed by atoms with Crippen molar-refractivity contribution in [3.8, 4) is 11.8 Å². The van der Waals surface area contributed by atoms with E-state index in [0.717, 1.165) is 22.6 Å². The van der Waals surface area contributed by atoms with E-state index in [0.29, 0.717) is 24.6 Å². The Kier molecular flexibility index (Phi) is 4.27. The van der Waals surface area contributed by atoms with E-state index in [1.165, 1.54) is 0 Å². The van der Waals surface area contributed by atoms with Gasteiger partial charge in [-0.25, -0.2) is 4.98 Å². The Labute approximate surface area is 133 Å². The molecule has 0 saturated heterocycles. The Morgan fingerprint density at radius 1 is 1.14 bits per heavy atom. The summed E-state index contributed by atoms with van der Waals surface area (Å²) in [6.07, 6.45) is 0.439. The van der Waals surface area contributed by atoms with E-state index < -0.39 is 0 Å². The van der Waals surface area contributed by atoms with Gasteiger partial charge in [0, 0.05) is 11.6 Å². The third-order valence-electron chi connectivity index (χ3n) is 3.36. The van der Waals surface area contributed by atoms with Crippen molar-refractivity contribution in [2.24, 2.45) is 0 Å². The summed E-state index contributed by atoms with van der Waals surface area (Å²) in [7, 11) is 0. The highest BCUT2D eigenvalue weighted by Crippen LogP contribution is 2.20. The fourth-order valence-electron chi connectivity index (χ4n) is 2.33. The fraction of sp³-hybridized carbons (Fsp3) is 0.176. The number of para-hydroxylation sites is 2. The summed E-state index contributed by atoms with van der Waals surface area (Å²) in [5.74, 6) is 1.55. The van der Waals surface area contributed by atoms with E-state index in [-0.39, 0.29) is 0 Å². The van der Waals surface area contributed by atoms with Gasteiger partial charge in [0.25, 0.3) is 0 Å². The average Bonchev–Trinajstić information content (AvgIpc) is 2.90. The molecule has 0 amide bonds. The molecular formula is C17H14ClN3O. The van der Waals surface area contributed by atoms with Crippen molar-refractivity contribution in [2.75, 3.05) is 0 Å². The summed E-state index contributed by atoms with van der Waals surface area (Å²) in [5, 5.41) is 9.51. The molecule has 5 heteroatoms. The van der Waals surface area contributed by atoms with Gasteiger partial charge in [-0.2, -0.15) is 5.26 Å². The molecule has 110 valence electrons. The number of ether oxygens (including phenoxy) is 1. The van der Waals surface area contributed by atoms with Crippen LogP contribution in [0.15, 0.2) is 48.5 Å². The third-order valence-corrected chi connectivity index (χ3v) is 3.61. The molecule has 3 aromatic rings. The summed E-state index contributed by atoms with van der Waals surface area (Å²) >= 11 is 5.86. The van der Waals surface area contributed by atoms with E-state index >= 15 is 0 Å². The fourth-order valence-corrected chi connectivity index (χ4v) is 2.45. The van der Waals surface area contributed by atoms with E-state index in [1.54, 1.807) is 12.1 Å². The van der Waals surface area contributed by atoms with Crippen LogP contribution in [0.1, 0.15) is 12.2 Å². The predicted molar refractivity (Wildman–Crippen MR) is 85.7 cm³/mol. The second kappa shape index (κ2) is 6.50. The Morgan fingerprint density at radius 3 is 2.68 bits per heavy atom. The summed E-state index contributed by atoms with van der Waals surface area (Å²) < 4.78 is 7.81. The van der Waals surface area contributed by atoms with Crippen LogP contribution in [-0.4, -0.2) is 9.55 Å². The summed E-state index contributed by atoms with van der Waals surface area (Å²) in [4.78, 5) is 4.60. The first-order chi connectivity index (χ1) is 10.8. The minimum atomic E-state index is 0.349. The number of nitrogens with zero attached hydrogens (tertiary/aromatic N) is 3. The topological polar surface area (TPSA) is 50.8 Å². The molecule has 22 heavy (non-hydrogen) atoms. The van der Waals surface area contributed by atoms with Gasteiger partial charge in [-0.1, -0.05) is 23.7 Å². The van der Waals surface area contributed by atoms with Crippen LogP contribution in [0, 0.1) is 11.3 Å². The van der Waals surface area contributed by atoms with Crippen molar-refractivity contribution in [3.05, 3.63) is 59.4 Å². The van der Waals surface area contributed by atoms with Crippen LogP contribution < -0.4 is 4.74 Å². The van der Waals surface area contributed by atoms with Crippen LogP contribution >= 0.6 is 11.6 Å². The predicted octanol–water partition coefficient (Wildman–Crippen LogP) is 4.18. The molecule has 0 fully saturated rings. The molecule has 1 heterocycles. The summed E-state index contributed by atoms with van der Waals surface area (Å²) in [6, 6.07) is 17.3. The van der Waals surface area contributed by atoms with Gasteiger partial charge in [-0.15, -0.1) is 0 Å². The largest absolute Gasteiger partial charge is 0.486 e. The zero-order chi connectivity index (χ0) is 15.4. The molecular weight excluding hydrogens is 298 g/mol. The first-order valence-corrected chi connectivity index (χ1v) is 7.35. The molecule has 0 bridgehead atoms. The smallest absolute Gasteiger partial charge is 0.148 e. The van der Waals surface area contributed by atoms with Crippen LogP contribution in [0.2, 0.25) is 5.02 Å². The number of fused-ring (bicyclic) bond motifs is 1. The number of imidazole rings is 1. The van der Waals surface area contributed by atoms with E-state index in [9.17, 15) is 0 Å². The molecule has 1 aromatic heterocycles. The number of halogens is 1. The van der Waals surface area contributed by atoms with Gasteiger partial charge in [-0.05, 0) is 36.4 Å². The number of aromatic nitrogens is 2. The van der Waals surface area contributed by atoms with Crippen molar-refractivity contribution in [3.63, 3.8) is 0 Å². The zero-order valence-electron chi connectivity index (χ0n) is 11.9. The third kappa shape index (κ3) is 3.05. The highest BCUT2D eigenvalue weighted by atomic mass is 35.5. The van der Waals surface area contributed by atoms with Crippen molar-refractivity contribution >= 4 is 22.6 Å². The van der Waals surface area contributed by atoms with E-state index in [1.807, 2.05) is 41.0 Å². The molecule has 3 rings (SSSR count). The van der Waals surface area contributed by atoms with Gasteiger partial charge in [0.2, 0.25) is 0 Å². The minimum Gasteiger partial charge on any atom is -0.486 e. The Bertz CT molecular complexity index is 818. The summed E-state index contributed by atoms with van der Waals surface area (Å²) in [6.45, 7) is 0.956. The van der Waals surface area contributed by atoms with Crippen LogP contribution in [-0.2, 0) is 13.2 Å². The molecule has 2 aromatic carbocycles. The molecule has 0 atom stereocenters. The van der Waals surface area contributed by atoms with Crippen LogP contribution in [0.25, 0.3) is 11.0 Å². The molecule has 0 N–H and O–H groups in total. The quantitative estimate of drug-likeness (QED) is 0.710. The molecule has 0 aliphatic rings. The highest BCUT2D eigenvalue weighted by molar-refractivity contribution is 6.30. The van der Waals surface area contributed by atoms with Crippen molar-refractivity contribution in [1.29, 1.82) is 5.26 Å². The Hall–Kier alpha value is -2.51. The maximum atomic E-state index is 8.83. The zero-order valence-corrected chi connectivity index (χ0v) is 12.6. The van der Waals surface area contributed by atoms with Crippen LogP contribution in [0.3, 0.4) is 0 Å². The van der Waals surface area contributed by atoms with E-state index in [4.69, 9.17) is 21.6 Å². The highest BCUT2D eigenvalue weighted by Gasteiger charge is 2.10. The molecule has 0 aliphatic carbocycles. The number of hydrogen-bond acceptors (Lipinski definition) is 3. The van der Waals surface area contributed by atoms with Gasteiger partial charge < -0.3 is 9.30 Å². The molecule has 0 saturated carbocycles. The molecule has 4 nitrogen and oxygen atoms in total. The molecule has 0 aliphatic heterocycles. The average molecular weight is 312 g/mol. The molecule has 0 unspecified atom stereocenters. The second-order valence-electron chi connectivity index (χ2n) is 4.82. The Balaban J connectivity index is 1.85. The van der Waals surface area contributed by atoms with Crippen molar-refractivity contribution < 1.29 is 4.74 Å². The van der Waals surface area contributed by atoms with Gasteiger partial charge in [-0.3, -0.25) is 0 Å². The lowest BCUT2D eigenvalue weighted by Crippen LogP contribution is -2.07. The normalized spacial score (nSPS) is 10.5. The first kappa shape index (κ1) is 14.4. The van der Waals surface area contributed by atoms with Crippen LogP contribution in [0.5, 0.6) is 5.75 Å². The second-order valence-corrected chi connectivity index (χ2v) is 5.26. The molecule has 0 spiro atoms. The first-order valence-electron chi connectivity index (χ1n) is 6.97. The van der Waals surface area contributed by atoms with Gasteiger partial charge >= 0.3 is 0 Å². The lowest BCUT2D eigenvalue weighted by atomic mass is 10.3. The number of rotatable bonds is 5. The van der Waals surface area contributed by atoms with Crippen molar-refractivity contribution in [2.45, 2.75) is 19.6 Å². The maximum absolute atomic E-state index is 8.83. The number of benzene rings is 2. The Morgan fingerprint density at radius 2 is 1.91 bits per heavy atom. The summed E-state index contributed by atoms with van der Waals surface area (Å²) in [5.41, 5.74) is 1.93. The lowest BCUT2D eigenvalue weighted by molar-refractivity contribution is 0.290. The number of hydrogen-bond donors (Lipinski definition) is 0. The molecule has 0 radical (unpaired) electrons. The van der Waals surface area contributed by atoms with E-state index in [2.05, 4.69) is 11.1 Å². The van der Waals surface area contributed by atoms with Gasteiger partial charge in [0.1, 0.15) is 18.2 Å². The van der Waals surface area contributed by atoms with Gasteiger partial charge in [0.15, 0.2) is 0 Å². The van der Waals surface area contributed by atoms with Gasteiger partial charge in [0.05, 0.1) is 23.5 Å². The minimum absolute atomic E-state index is 0.349. The number of nitriles is 1. The monoisotopic (exact) mass is 311 g/mol. The number of aryl methyl sites for hydroxylation is 1. The van der Waals surface area contributed by atoms with Crippen molar-refractivity contribution in [1.82, 2.24) is 9.55 Å². The lowest BCUT2D eigenvalue weighted by Gasteiger charge is -2.09. The maximum Gasteiger partial charge on any atom is 0.148 e. The standard InChI is InChI=1S/C17H14ClN3O/c18-13-6-8-14(9-7-13)22-12-17-20-15-4-1-2-5-16(15)21(17)11-3-10-19/h1-2,4-9H,3,11-12H2.